The number of nitrogens with zero attached hydrogens (tertiary/aromatic N) is 4. The van der Waals surface area contributed by atoms with Crippen LogP contribution in [0.25, 0.3) is 11.4 Å². The standard InChI is InChI=1S/C16H19ClN4O2/c1-11-16(22)21(12(2)20-7-9-23-10-8-20)19-15(18-11)13-3-5-14(17)6-4-13/h3-6,12H,7-10H2,1-2H3. The second-order valence-electron chi connectivity index (χ2n) is 5.56. The highest BCUT2D eigenvalue weighted by atomic mass is 35.5. The van der Waals surface area contributed by atoms with Gasteiger partial charge in [-0.25, -0.2) is 9.67 Å². The number of aryl methyl sites for hydroxylation is 1. The molecule has 23 heavy (non-hydrogen) atoms. The zero-order valence-electron chi connectivity index (χ0n) is 13.2. The molecule has 3 rings (SSSR count). The van der Waals surface area contributed by atoms with Crippen LogP contribution in [-0.4, -0.2) is 46.0 Å². The van der Waals surface area contributed by atoms with Crippen LogP contribution in [-0.2, 0) is 4.74 Å². The van der Waals surface area contributed by atoms with Crippen LogP contribution in [0.5, 0.6) is 0 Å². The van der Waals surface area contributed by atoms with E-state index in [0.29, 0.717) is 29.8 Å². The Hall–Kier alpha value is -1.76. The molecular weight excluding hydrogens is 316 g/mol. The minimum absolute atomic E-state index is 0.140. The van der Waals surface area contributed by atoms with Crippen molar-refractivity contribution < 1.29 is 4.74 Å². The highest BCUT2D eigenvalue weighted by Crippen LogP contribution is 2.19. The van der Waals surface area contributed by atoms with Crippen molar-refractivity contribution in [1.29, 1.82) is 0 Å². The Kier molecular flexibility index (Phi) is 4.75. The van der Waals surface area contributed by atoms with Crippen LogP contribution in [0.4, 0.5) is 0 Å². The molecule has 0 radical (unpaired) electrons. The Morgan fingerprint density at radius 3 is 2.52 bits per heavy atom. The van der Waals surface area contributed by atoms with Crippen LogP contribution in [0.3, 0.4) is 0 Å². The second kappa shape index (κ2) is 6.78. The first kappa shape index (κ1) is 16.1. The van der Waals surface area contributed by atoms with E-state index in [0.717, 1.165) is 18.7 Å². The fourth-order valence-corrected chi connectivity index (χ4v) is 2.75. The molecule has 6 nitrogen and oxygen atoms in total. The van der Waals surface area contributed by atoms with Crippen molar-refractivity contribution in [2.75, 3.05) is 26.3 Å². The quantitative estimate of drug-likeness (QED) is 0.860. The molecule has 0 amide bonds. The first-order valence-electron chi connectivity index (χ1n) is 7.61. The molecule has 1 fully saturated rings. The van der Waals surface area contributed by atoms with Gasteiger partial charge in [0.15, 0.2) is 5.82 Å². The van der Waals surface area contributed by atoms with Gasteiger partial charge in [-0.3, -0.25) is 9.69 Å². The SMILES string of the molecule is Cc1nc(-c2ccc(Cl)cc2)nn(C(C)N2CCOCC2)c1=O. The summed E-state index contributed by atoms with van der Waals surface area (Å²) in [5.74, 6) is 0.527. The van der Waals surface area contributed by atoms with Gasteiger partial charge in [0.2, 0.25) is 0 Å². The van der Waals surface area contributed by atoms with Gasteiger partial charge >= 0.3 is 0 Å². The molecule has 2 heterocycles. The molecule has 1 unspecified atom stereocenters. The van der Waals surface area contributed by atoms with E-state index >= 15 is 0 Å². The summed E-state index contributed by atoms with van der Waals surface area (Å²) < 4.78 is 6.88. The number of morpholine rings is 1. The first-order chi connectivity index (χ1) is 11.1. The molecule has 0 aliphatic carbocycles. The number of benzene rings is 1. The lowest BCUT2D eigenvalue weighted by atomic mass is 10.2. The molecule has 0 N–H and O–H groups in total. The predicted octanol–water partition coefficient (Wildman–Crippen LogP) is 2.12. The van der Waals surface area contributed by atoms with Gasteiger partial charge in [0, 0.05) is 23.7 Å². The molecule has 7 heteroatoms. The van der Waals surface area contributed by atoms with Crippen molar-refractivity contribution in [3.8, 4) is 11.4 Å². The zero-order valence-corrected chi connectivity index (χ0v) is 14.0. The van der Waals surface area contributed by atoms with Crippen molar-refractivity contribution in [2.24, 2.45) is 0 Å². The summed E-state index contributed by atoms with van der Waals surface area (Å²) >= 11 is 5.92. The fraction of sp³-hybridized carbons (Fsp3) is 0.438. The van der Waals surface area contributed by atoms with Gasteiger partial charge in [0.1, 0.15) is 11.9 Å². The van der Waals surface area contributed by atoms with Gasteiger partial charge in [-0.1, -0.05) is 11.6 Å². The van der Waals surface area contributed by atoms with Gasteiger partial charge < -0.3 is 4.74 Å². The smallest absolute Gasteiger partial charge is 0.289 e. The van der Waals surface area contributed by atoms with E-state index in [4.69, 9.17) is 16.3 Å². The Bertz CT molecular complexity index is 739. The minimum atomic E-state index is -0.165. The van der Waals surface area contributed by atoms with Crippen molar-refractivity contribution >= 4 is 11.6 Å². The van der Waals surface area contributed by atoms with Gasteiger partial charge in [-0.2, -0.15) is 0 Å². The maximum atomic E-state index is 12.4. The van der Waals surface area contributed by atoms with Crippen LogP contribution >= 0.6 is 11.6 Å². The molecule has 2 aromatic rings. The van der Waals surface area contributed by atoms with Crippen molar-refractivity contribution in [2.45, 2.75) is 20.0 Å². The number of hydrogen-bond donors (Lipinski definition) is 0. The maximum Gasteiger partial charge on any atom is 0.289 e. The molecule has 0 bridgehead atoms. The number of rotatable bonds is 3. The summed E-state index contributed by atoms with van der Waals surface area (Å²) in [5.41, 5.74) is 1.10. The molecule has 1 aliphatic rings. The van der Waals surface area contributed by atoms with E-state index in [2.05, 4.69) is 15.0 Å². The molecule has 0 saturated carbocycles. The van der Waals surface area contributed by atoms with Crippen LogP contribution in [0.1, 0.15) is 18.8 Å². The first-order valence-corrected chi connectivity index (χ1v) is 7.99. The van der Waals surface area contributed by atoms with Crippen LogP contribution in [0.15, 0.2) is 29.1 Å². The van der Waals surface area contributed by atoms with Gasteiger partial charge in [0.25, 0.3) is 5.56 Å². The summed E-state index contributed by atoms with van der Waals surface area (Å²) in [4.78, 5) is 19.0. The molecule has 0 spiro atoms. The highest BCUT2D eigenvalue weighted by Gasteiger charge is 2.21. The number of hydrogen-bond acceptors (Lipinski definition) is 5. The number of aromatic nitrogens is 3. The largest absolute Gasteiger partial charge is 0.379 e. The van der Waals surface area contributed by atoms with E-state index in [1.165, 1.54) is 4.68 Å². The second-order valence-corrected chi connectivity index (χ2v) is 5.99. The van der Waals surface area contributed by atoms with Crippen LogP contribution < -0.4 is 5.56 Å². The van der Waals surface area contributed by atoms with E-state index < -0.39 is 0 Å². The lowest BCUT2D eigenvalue weighted by Gasteiger charge is -2.32. The van der Waals surface area contributed by atoms with Gasteiger partial charge in [-0.15, -0.1) is 5.10 Å². The molecule has 1 atom stereocenters. The minimum Gasteiger partial charge on any atom is -0.379 e. The van der Waals surface area contributed by atoms with Crippen LogP contribution in [0, 0.1) is 6.92 Å². The molecule has 122 valence electrons. The monoisotopic (exact) mass is 334 g/mol. The Morgan fingerprint density at radius 1 is 1.22 bits per heavy atom. The summed E-state index contributed by atoms with van der Waals surface area (Å²) in [6.45, 7) is 6.61. The Labute approximate surface area is 139 Å². The van der Waals surface area contributed by atoms with Crippen molar-refractivity contribution in [3.05, 3.63) is 45.3 Å². The molecule has 1 saturated heterocycles. The summed E-state index contributed by atoms with van der Waals surface area (Å²) in [5, 5.41) is 5.13. The molecule has 1 aromatic heterocycles. The predicted molar refractivity (Wildman–Crippen MR) is 88.6 cm³/mol. The third-order valence-electron chi connectivity index (χ3n) is 4.02. The number of halogens is 1. The fourth-order valence-electron chi connectivity index (χ4n) is 2.62. The van der Waals surface area contributed by atoms with Crippen LogP contribution in [0.2, 0.25) is 5.02 Å². The third-order valence-corrected chi connectivity index (χ3v) is 4.28. The average Bonchev–Trinajstić information content (AvgIpc) is 2.58. The van der Waals surface area contributed by atoms with E-state index in [1.807, 2.05) is 19.1 Å². The molecule has 1 aliphatic heterocycles. The number of ether oxygens (including phenoxy) is 1. The molecular formula is C16H19ClN4O2. The zero-order chi connectivity index (χ0) is 16.4. The average molecular weight is 335 g/mol. The Morgan fingerprint density at radius 2 is 1.87 bits per heavy atom. The summed E-state index contributed by atoms with van der Waals surface area (Å²) in [6, 6.07) is 7.28. The summed E-state index contributed by atoms with van der Waals surface area (Å²) in [7, 11) is 0. The Balaban J connectivity index is 1.99. The lowest BCUT2D eigenvalue weighted by Crippen LogP contribution is -2.44. The topological polar surface area (TPSA) is 60.3 Å². The van der Waals surface area contributed by atoms with E-state index in [-0.39, 0.29) is 11.7 Å². The summed E-state index contributed by atoms with van der Waals surface area (Å²) in [6.07, 6.45) is -0.140. The van der Waals surface area contributed by atoms with E-state index in [9.17, 15) is 4.79 Å². The lowest BCUT2D eigenvalue weighted by molar-refractivity contribution is -0.000939. The maximum absolute atomic E-state index is 12.4. The van der Waals surface area contributed by atoms with Gasteiger partial charge in [-0.05, 0) is 38.1 Å². The normalized spacial score (nSPS) is 17.2. The van der Waals surface area contributed by atoms with Crippen molar-refractivity contribution in [3.63, 3.8) is 0 Å². The molecule has 1 aromatic carbocycles. The van der Waals surface area contributed by atoms with Gasteiger partial charge in [0.05, 0.1) is 13.2 Å². The third kappa shape index (κ3) is 3.44. The van der Waals surface area contributed by atoms with E-state index in [1.54, 1.807) is 19.1 Å². The van der Waals surface area contributed by atoms with Crippen molar-refractivity contribution in [1.82, 2.24) is 19.7 Å². The highest BCUT2D eigenvalue weighted by molar-refractivity contribution is 6.30.